The highest BCUT2D eigenvalue weighted by Gasteiger charge is 2.23. The monoisotopic (exact) mass is 193 g/mol. The Morgan fingerprint density at radius 3 is 2.79 bits per heavy atom. The van der Waals surface area contributed by atoms with Gasteiger partial charge in [0.05, 0.1) is 5.56 Å². The van der Waals surface area contributed by atoms with E-state index >= 15 is 0 Å². The molecule has 2 nitrogen and oxygen atoms in total. The summed E-state index contributed by atoms with van der Waals surface area (Å²) in [6.45, 7) is 1.39. The number of hydrogen-bond donors (Lipinski definition) is 1. The molecule has 2 rings (SSSR count). The summed E-state index contributed by atoms with van der Waals surface area (Å²) in [6.07, 6.45) is 2.21. The van der Waals surface area contributed by atoms with Crippen molar-refractivity contribution in [1.82, 2.24) is 0 Å². The standard InChI is InChI=1S/C11H12FNO/c1-7(14)11-9(12)3-2-4-10(11)13-8-5-6-8/h2-4,8,13H,5-6H2,1H3. The van der Waals surface area contributed by atoms with E-state index in [1.165, 1.54) is 13.0 Å². The van der Waals surface area contributed by atoms with Gasteiger partial charge in [-0.1, -0.05) is 6.07 Å². The first kappa shape index (κ1) is 9.19. The second-order valence-electron chi connectivity index (χ2n) is 3.64. The highest BCUT2D eigenvalue weighted by molar-refractivity contribution is 5.99. The molecule has 0 bridgehead atoms. The first-order valence-corrected chi connectivity index (χ1v) is 4.74. The van der Waals surface area contributed by atoms with Crippen LogP contribution in [0.15, 0.2) is 18.2 Å². The molecule has 0 amide bonds. The number of halogens is 1. The minimum absolute atomic E-state index is 0.180. The fraction of sp³-hybridized carbons (Fsp3) is 0.364. The fourth-order valence-electron chi connectivity index (χ4n) is 1.45. The Morgan fingerprint density at radius 2 is 2.21 bits per heavy atom. The van der Waals surface area contributed by atoms with Crippen molar-refractivity contribution in [3.8, 4) is 0 Å². The van der Waals surface area contributed by atoms with E-state index in [-0.39, 0.29) is 11.3 Å². The molecule has 3 heteroatoms. The largest absolute Gasteiger partial charge is 0.382 e. The molecular formula is C11H12FNO. The fourth-order valence-corrected chi connectivity index (χ4v) is 1.45. The van der Waals surface area contributed by atoms with E-state index in [0.717, 1.165) is 12.8 Å². The van der Waals surface area contributed by atoms with Crippen LogP contribution in [0.1, 0.15) is 30.1 Å². The molecule has 1 aliphatic rings. The van der Waals surface area contributed by atoms with E-state index in [9.17, 15) is 9.18 Å². The molecule has 0 atom stereocenters. The van der Waals surface area contributed by atoms with Gasteiger partial charge in [-0.25, -0.2) is 4.39 Å². The molecule has 1 N–H and O–H groups in total. The van der Waals surface area contributed by atoms with Gasteiger partial charge in [0, 0.05) is 11.7 Å². The topological polar surface area (TPSA) is 29.1 Å². The van der Waals surface area contributed by atoms with Crippen LogP contribution in [0.2, 0.25) is 0 Å². The molecule has 0 aromatic heterocycles. The number of carbonyl (C=O) groups is 1. The lowest BCUT2D eigenvalue weighted by atomic mass is 10.1. The molecule has 14 heavy (non-hydrogen) atoms. The van der Waals surface area contributed by atoms with Crippen molar-refractivity contribution < 1.29 is 9.18 Å². The number of nitrogens with one attached hydrogen (secondary N) is 1. The average molecular weight is 193 g/mol. The second kappa shape index (κ2) is 3.40. The van der Waals surface area contributed by atoms with Crippen LogP contribution in [0, 0.1) is 5.82 Å². The maximum absolute atomic E-state index is 13.3. The third-order valence-corrected chi connectivity index (χ3v) is 2.30. The lowest BCUT2D eigenvalue weighted by molar-refractivity contribution is 0.101. The van der Waals surface area contributed by atoms with Gasteiger partial charge in [-0.15, -0.1) is 0 Å². The minimum atomic E-state index is -0.442. The summed E-state index contributed by atoms with van der Waals surface area (Å²) in [5.74, 6) is -0.672. The van der Waals surface area contributed by atoms with Crippen molar-refractivity contribution in [2.75, 3.05) is 5.32 Å². The van der Waals surface area contributed by atoms with Gasteiger partial charge in [0.2, 0.25) is 0 Å². The Morgan fingerprint density at radius 1 is 1.50 bits per heavy atom. The Balaban J connectivity index is 2.35. The summed E-state index contributed by atoms with van der Waals surface area (Å²) < 4.78 is 13.3. The zero-order valence-electron chi connectivity index (χ0n) is 8.01. The highest BCUT2D eigenvalue weighted by Crippen LogP contribution is 2.28. The minimum Gasteiger partial charge on any atom is -0.382 e. The number of anilines is 1. The molecule has 1 saturated carbocycles. The predicted octanol–water partition coefficient (Wildman–Crippen LogP) is 2.60. The van der Waals surface area contributed by atoms with E-state index < -0.39 is 5.82 Å². The predicted molar refractivity (Wildman–Crippen MR) is 53.0 cm³/mol. The van der Waals surface area contributed by atoms with Crippen molar-refractivity contribution in [3.05, 3.63) is 29.6 Å². The van der Waals surface area contributed by atoms with Gasteiger partial charge in [-0.3, -0.25) is 4.79 Å². The third-order valence-electron chi connectivity index (χ3n) is 2.30. The number of carbonyl (C=O) groups excluding carboxylic acids is 1. The molecule has 0 spiro atoms. The summed E-state index contributed by atoms with van der Waals surface area (Å²) in [5, 5.41) is 3.15. The van der Waals surface area contributed by atoms with Gasteiger partial charge in [-0.05, 0) is 31.9 Å². The Hall–Kier alpha value is -1.38. The van der Waals surface area contributed by atoms with E-state index in [4.69, 9.17) is 0 Å². The van der Waals surface area contributed by atoms with E-state index in [1.54, 1.807) is 12.1 Å². The van der Waals surface area contributed by atoms with Crippen LogP contribution in [-0.2, 0) is 0 Å². The quantitative estimate of drug-likeness (QED) is 0.747. The SMILES string of the molecule is CC(=O)c1c(F)cccc1NC1CC1. The second-order valence-corrected chi connectivity index (χ2v) is 3.64. The summed E-state index contributed by atoms with van der Waals surface area (Å²) in [5.41, 5.74) is 0.805. The van der Waals surface area contributed by atoms with Crippen molar-refractivity contribution >= 4 is 11.5 Å². The first-order valence-electron chi connectivity index (χ1n) is 4.74. The number of rotatable bonds is 3. The van der Waals surface area contributed by atoms with E-state index in [2.05, 4.69) is 5.32 Å². The van der Waals surface area contributed by atoms with Gasteiger partial charge in [0.25, 0.3) is 0 Å². The van der Waals surface area contributed by atoms with Gasteiger partial charge in [0.15, 0.2) is 5.78 Å². The molecule has 1 aromatic carbocycles. The summed E-state index contributed by atoms with van der Waals surface area (Å²) >= 11 is 0. The molecule has 0 radical (unpaired) electrons. The highest BCUT2D eigenvalue weighted by atomic mass is 19.1. The van der Waals surface area contributed by atoms with Gasteiger partial charge < -0.3 is 5.32 Å². The Kier molecular flexibility index (Phi) is 2.23. The molecule has 0 saturated heterocycles. The van der Waals surface area contributed by atoms with Gasteiger partial charge >= 0.3 is 0 Å². The average Bonchev–Trinajstić information content (AvgIpc) is 2.87. The molecule has 74 valence electrons. The molecule has 1 fully saturated rings. The molecule has 0 unspecified atom stereocenters. The molecule has 0 heterocycles. The van der Waals surface area contributed by atoms with Crippen molar-refractivity contribution in [2.45, 2.75) is 25.8 Å². The van der Waals surface area contributed by atoms with Crippen LogP contribution in [0.5, 0.6) is 0 Å². The lowest BCUT2D eigenvalue weighted by Gasteiger charge is -2.09. The van der Waals surface area contributed by atoms with Crippen LogP contribution in [0.25, 0.3) is 0 Å². The third kappa shape index (κ3) is 1.76. The first-order chi connectivity index (χ1) is 6.68. The Bertz CT molecular complexity index is 372. The van der Waals surface area contributed by atoms with E-state index in [1.807, 2.05) is 0 Å². The maximum atomic E-state index is 13.3. The van der Waals surface area contributed by atoms with Crippen LogP contribution >= 0.6 is 0 Å². The van der Waals surface area contributed by atoms with Crippen molar-refractivity contribution in [2.24, 2.45) is 0 Å². The summed E-state index contributed by atoms with van der Waals surface area (Å²) in [7, 11) is 0. The Labute approximate surface area is 82.1 Å². The van der Waals surface area contributed by atoms with E-state index in [0.29, 0.717) is 11.7 Å². The number of Topliss-reactive ketones (excluding diaryl/α,β-unsaturated/α-hetero) is 1. The number of benzene rings is 1. The zero-order chi connectivity index (χ0) is 10.1. The van der Waals surface area contributed by atoms with Gasteiger partial charge in [0.1, 0.15) is 5.82 Å². The molecular weight excluding hydrogens is 181 g/mol. The summed E-state index contributed by atoms with van der Waals surface area (Å²) in [4.78, 5) is 11.2. The van der Waals surface area contributed by atoms with Crippen LogP contribution < -0.4 is 5.32 Å². The molecule has 1 aromatic rings. The normalized spacial score (nSPS) is 15.3. The lowest BCUT2D eigenvalue weighted by Crippen LogP contribution is -2.08. The van der Waals surface area contributed by atoms with Crippen molar-refractivity contribution in [1.29, 1.82) is 0 Å². The van der Waals surface area contributed by atoms with Crippen LogP contribution in [0.3, 0.4) is 0 Å². The van der Waals surface area contributed by atoms with Crippen LogP contribution in [0.4, 0.5) is 10.1 Å². The maximum Gasteiger partial charge on any atom is 0.164 e. The summed E-state index contributed by atoms with van der Waals surface area (Å²) in [6, 6.07) is 5.11. The molecule has 1 aliphatic carbocycles. The van der Waals surface area contributed by atoms with Gasteiger partial charge in [-0.2, -0.15) is 0 Å². The number of hydrogen-bond acceptors (Lipinski definition) is 2. The zero-order valence-corrected chi connectivity index (χ0v) is 8.01. The van der Waals surface area contributed by atoms with Crippen molar-refractivity contribution in [3.63, 3.8) is 0 Å². The smallest absolute Gasteiger partial charge is 0.164 e. The molecule has 0 aliphatic heterocycles. The number of ketones is 1. The van der Waals surface area contributed by atoms with Crippen LogP contribution in [-0.4, -0.2) is 11.8 Å².